The van der Waals surface area contributed by atoms with Gasteiger partial charge in [0.1, 0.15) is 22.6 Å². The molecule has 7 rings (SSSR count). The number of hydrogen-bond donors (Lipinski definition) is 2. The fourth-order valence-electron chi connectivity index (χ4n) is 5.91. The zero-order valence-electron chi connectivity index (χ0n) is 27.2. The second-order valence-corrected chi connectivity index (χ2v) is 12.8. The minimum atomic E-state index is -0.393. The molecule has 2 atom stereocenters. The summed E-state index contributed by atoms with van der Waals surface area (Å²) in [5.41, 5.74) is 2.86. The number of fused-ring (bicyclic) bond motifs is 2. The molecule has 2 unspecified atom stereocenters. The first-order valence-corrected chi connectivity index (χ1v) is 17.0. The molecule has 4 aromatic heterocycles. The van der Waals surface area contributed by atoms with Gasteiger partial charge in [-0.25, -0.2) is 18.9 Å². The number of aromatic nitrogens is 6. The average molecular weight is 700 g/mol. The van der Waals surface area contributed by atoms with Gasteiger partial charge in [0, 0.05) is 73.7 Å². The Morgan fingerprint density at radius 2 is 1.46 bits per heavy atom. The van der Waals surface area contributed by atoms with Crippen LogP contribution in [0.1, 0.15) is 26.0 Å². The number of nitrogens with one attached hydrogen (secondary N) is 2. The minimum Gasteiger partial charge on any atom is -0.379 e. The van der Waals surface area contributed by atoms with Crippen LogP contribution < -0.4 is 10.6 Å². The first kappa shape index (κ1) is 34.3. The smallest absolute Gasteiger partial charge is 0.159 e. The summed E-state index contributed by atoms with van der Waals surface area (Å²) >= 11 is 12.0. The van der Waals surface area contributed by atoms with E-state index in [1.807, 2.05) is 22.7 Å². The first-order valence-electron chi connectivity index (χ1n) is 16.3. The highest BCUT2D eigenvalue weighted by molar-refractivity contribution is 6.30. The van der Waals surface area contributed by atoms with Crippen molar-refractivity contribution in [3.05, 3.63) is 76.5 Å². The van der Waals surface area contributed by atoms with Gasteiger partial charge in [-0.3, -0.25) is 9.80 Å². The zero-order valence-corrected chi connectivity index (χ0v) is 28.7. The molecule has 2 aliphatic rings. The lowest BCUT2D eigenvalue weighted by atomic mass is 10.1. The third-order valence-electron chi connectivity index (χ3n) is 8.69. The van der Waals surface area contributed by atoms with Gasteiger partial charge in [0.25, 0.3) is 0 Å². The van der Waals surface area contributed by atoms with Crippen molar-refractivity contribution in [2.24, 2.45) is 0 Å². The number of anilines is 3. The Labute approximate surface area is 289 Å². The van der Waals surface area contributed by atoms with Crippen LogP contribution in [0.15, 0.2) is 54.9 Å². The highest BCUT2D eigenvalue weighted by Crippen LogP contribution is 2.25. The van der Waals surface area contributed by atoms with Gasteiger partial charge < -0.3 is 20.1 Å². The Morgan fingerprint density at radius 1 is 0.812 bits per heavy atom. The molecule has 0 saturated carbocycles. The molecular formula is C33H41Cl2FN10O2. The molecule has 2 fully saturated rings. The number of halogens is 3. The molecule has 0 aliphatic carbocycles. The number of hydrogen-bond acceptors (Lipinski definition) is 10. The van der Waals surface area contributed by atoms with Gasteiger partial charge in [0.05, 0.1) is 44.5 Å². The van der Waals surface area contributed by atoms with Crippen molar-refractivity contribution >= 4 is 51.8 Å². The van der Waals surface area contributed by atoms with E-state index >= 15 is 0 Å². The summed E-state index contributed by atoms with van der Waals surface area (Å²) in [6.45, 7) is 12.3. The van der Waals surface area contributed by atoms with Crippen molar-refractivity contribution in [1.82, 2.24) is 39.0 Å². The van der Waals surface area contributed by atoms with E-state index in [9.17, 15) is 4.39 Å². The lowest BCUT2D eigenvalue weighted by Crippen LogP contribution is -2.45. The quantitative estimate of drug-likeness (QED) is 0.183. The summed E-state index contributed by atoms with van der Waals surface area (Å²) in [6, 6.07) is 12.6. The molecule has 2 aliphatic heterocycles. The SMILES string of the molecule is CC(CCc1cc(Cl)nc2ccnn12)N1CCOCC1.CC(CNc1cc(Nc2cc(Cl)ccc2F)nc2ccnn12)N1CCOCC1. The van der Waals surface area contributed by atoms with Crippen molar-refractivity contribution in [3.8, 4) is 0 Å². The molecule has 0 radical (unpaired) electrons. The Kier molecular flexibility index (Phi) is 11.6. The number of morpholine rings is 2. The fourth-order valence-corrected chi connectivity index (χ4v) is 6.30. The van der Waals surface area contributed by atoms with Crippen molar-refractivity contribution in [1.29, 1.82) is 0 Å². The topological polar surface area (TPSA) is 109 Å². The summed E-state index contributed by atoms with van der Waals surface area (Å²) in [5.74, 6) is 0.894. The minimum absolute atomic E-state index is 0.275. The monoisotopic (exact) mass is 698 g/mol. The largest absolute Gasteiger partial charge is 0.379 e. The maximum Gasteiger partial charge on any atom is 0.159 e. The van der Waals surface area contributed by atoms with Crippen LogP contribution >= 0.6 is 23.2 Å². The standard InChI is InChI=1S/C19H22ClFN6O.C14H19ClN4O/c1-13(26-6-8-28-9-7-26)12-22-19-11-17(25-18-4-5-23-27(18)19)24-16-10-14(20)2-3-15(16)21;1-11(18-6-8-20-9-7-18)2-3-12-10-13(15)17-14-4-5-16-19(12)14/h2-5,10-11,13,22H,6-9,12H2,1H3,(H,24,25);4-5,10-11H,2-3,6-9H2,1H3. The molecule has 2 saturated heterocycles. The van der Waals surface area contributed by atoms with Crippen molar-refractivity contribution in [2.75, 3.05) is 69.8 Å². The summed E-state index contributed by atoms with van der Waals surface area (Å²) < 4.78 is 28.5. The number of nitrogens with zero attached hydrogens (tertiary/aromatic N) is 8. The average Bonchev–Trinajstić information content (AvgIpc) is 3.78. The summed E-state index contributed by atoms with van der Waals surface area (Å²) in [6.07, 6.45) is 5.46. The highest BCUT2D eigenvalue weighted by Gasteiger charge is 2.19. The van der Waals surface area contributed by atoms with Crippen LogP contribution in [0.5, 0.6) is 0 Å². The van der Waals surface area contributed by atoms with Crippen LogP contribution in [-0.2, 0) is 15.9 Å². The van der Waals surface area contributed by atoms with Gasteiger partial charge in [-0.05, 0) is 51.0 Å². The van der Waals surface area contributed by atoms with Gasteiger partial charge in [-0.1, -0.05) is 23.2 Å². The van der Waals surface area contributed by atoms with Gasteiger partial charge in [0.2, 0.25) is 0 Å². The number of rotatable bonds is 10. The number of benzene rings is 1. The Morgan fingerprint density at radius 3 is 2.17 bits per heavy atom. The van der Waals surface area contributed by atoms with Crippen LogP contribution in [0.3, 0.4) is 0 Å². The number of ether oxygens (including phenoxy) is 2. The number of aryl methyl sites for hydroxylation is 1. The molecule has 256 valence electrons. The van der Waals surface area contributed by atoms with Gasteiger partial charge in [-0.2, -0.15) is 14.7 Å². The normalized spacial score (nSPS) is 17.2. The molecule has 0 amide bonds. The second kappa shape index (κ2) is 16.2. The highest BCUT2D eigenvalue weighted by atomic mass is 35.5. The maximum absolute atomic E-state index is 14.1. The van der Waals surface area contributed by atoms with Crippen molar-refractivity contribution in [3.63, 3.8) is 0 Å². The first-order chi connectivity index (χ1) is 23.3. The summed E-state index contributed by atoms with van der Waals surface area (Å²) in [4.78, 5) is 13.6. The Hall–Kier alpha value is -3.59. The molecule has 2 N–H and O–H groups in total. The molecule has 1 aromatic carbocycles. The summed E-state index contributed by atoms with van der Waals surface area (Å²) in [7, 11) is 0. The van der Waals surface area contributed by atoms with E-state index < -0.39 is 5.82 Å². The molecule has 0 bridgehead atoms. The lowest BCUT2D eigenvalue weighted by molar-refractivity contribution is 0.0186. The predicted molar refractivity (Wildman–Crippen MR) is 186 cm³/mol. The van der Waals surface area contributed by atoms with E-state index in [4.69, 9.17) is 32.7 Å². The second-order valence-electron chi connectivity index (χ2n) is 12.0. The zero-order chi connectivity index (χ0) is 33.5. The van der Waals surface area contributed by atoms with Crippen LogP contribution in [0.2, 0.25) is 10.2 Å². The third kappa shape index (κ3) is 8.70. The van der Waals surface area contributed by atoms with Crippen molar-refractivity contribution in [2.45, 2.75) is 38.8 Å². The predicted octanol–water partition coefficient (Wildman–Crippen LogP) is 5.43. The van der Waals surface area contributed by atoms with Crippen LogP contribution in [-0.4, -0.2) is 110 Å². The Balaban J connectivity index is 0.000000177. The molecule has 6 heterocycles. The van der Waals surface area contributed by atoms with Gasteiger partial charge in [-0.15, -0.1) is 0 Å². The molecule has 48 heavy (non-hydrogen) atoms. The third-order valence-corrected chi connectivity index (χ3v) is 9.12. The lowest BCUT2D eigenvalue weighted by Gasteiger charge is -2.32. The van der Waals surface area contributed by atoms with Gasteiger partial charge >= 0.3 is 0 Å². The van der Waals surface area contributed by atoms with E-state index in [1.165, 1.54) is 18.2 Å². The molecule has 15 heteroatoms. The van der Waals surface area contributed by atoms with Crippen LogP contribution in [0.4, 0.5) is 21.7 Å². The van der Waals surface area contributed by atoms with E-state index in [2.05, 4.69) is 54.4 Å². The molecule has 0 spiro atoms. The Bertz CT molecular complexity index is 1790. The fraction of sp³-hybridized carbons (Fsp3) is 0.455. The van der Waals surface area contributed by atoms with Crippen LogP contribution in [0.25, 0.3) is 11.3 Å². The van der Waals surface area contributed by atoms with Gasteiger partial charge in [0.15, 0.2) is 11.3 Å². The van der Waals surface area contributed by atoms with E-state index in [-0.39, 0.29) is 5.69 Å². The van der Waals surface area contributed by atoms with E-state index in [1.54, 1.807) is 23.0 Å². The van der Waals surface area contributed by atoms with E-state index in [0.29, 0.717) is 33.7 Å². The maximum atomic E-state index is 14.1. The van der Waals surface area contributed by atoms with Crippen LogP contribution in [0, 0.1) is 5.82 Å². The van der Waals surface area contributed by atoms with Crippen molar-refractivity contribution < 1.29 is 13.9 Å². The molecule has 12 nitrogen and oxygen atoms in total. The molecule has 5 aromatic rings. The summed E-state index contributed by atoms with van der Waals surface area (Å²) in [5, 5.41) is 16.1. The van der Waals surface area contributed by atoms with E-state index in [0.717, 1.165) is 89.2 Å². The molecular weight excluding hydrogens is 658 g/mol.